The summed E-state index contributed by atoms with van der Waals surface area (Å²) in [5.41, 5.74) is 5.31. The van der Waals surface area contributed by atoms with Crippen molar-refractivity contribution in [1.82, 2.24) is 5.32 Å². The number of thioether (sulfide) groups is 1. The van der Waals surface area contributed by atoms with Crippen molar-refractivity contribution in [3.05, 3.63) is 22.3 Å². The summed E-state index contributed by atoms with van der Waals surface area (Å²) in [5, 5.41) is 13.5. The monoisotopic (exact) mass is 505 g/mol. The van der Waals surface area contributed by atoms with Crippen LogP contribution in [-0.4, -0.2) is 45.7 Å². The van der Waals surface area contributed by atoms with Gasteiger partial charge in [-0.2, -0.15) is 11.8 Å². The number of allylic oxidation sites excluding steroid dienone is 2. The summed E-state index contributed by atoms with van der Waals surface area (Å²) >= 11 is 1.58. The van der Waals surface area contributed by atoms with Crippen LogP contribution in [0.4, 0.5) is 0 Å². The number of carbonyl (C=O) groups is 3. The van der Waals surface area contributed by atoms with Crippen molar-refractivity contribution in [2.75, 3.05) is 5.75 Å². The Morgan fingerprint density at radius 3 is 1.86 bits per heavy atom. The molecular formula is C29H47NO4S. The maximum absolute atomic E-state index is 12.3. The molecule has 3 atom stereocenters. The molecule has 0 saturated heterocycles. The van der Waals surface area contributed by atoms with Crippen LogP contribution in [0.15, 0.2) is 22.3 Å². The summed E-state index contributed by atoms with van der Waals surface area (Å²) in [7, 11) is 0. The van der Waals surface area contributed by atoms with E-state index in [9.17, 15) is 19.5 Å². The average molecular weight is 506 g/mol. The minimum absolute atomic E-state index is 0.00320. The molecule has 0 aliphatic heterocycles. The minimum atomic E-state index is -0.907. The molecular weight excluding hydrogens is 458 g/mol. The maximum Gasteiger partial charge on any atom is 0.321 e. The van der Waals surface area contributed by atoms with Gasteiger partial charge in [-0.3, -0.25) is 19.7 Å². The third-order valence-corrected chi connectivity index (χ3v) is 9.81. The predicted molar refractivity (Wildman–Crippen MR) is 146 cm³/mol. The Kier molecular flexibility index (Phi) is 10.4. The number of carboxylic acid groups (broad SMARTS) is 1. The number of carbonyl (C=O) groups excluding carboxylic acids is 2. The highest BCUT2D eigenvalue weighted by Gasteiger charge is 2.34. The number of hydrogen-bond donors (Lipinski definition) is 2. The second kappa shape index (κ2) is 12.2. The second-order valence-corrected chi connectivity index (χ2v) is 13.3. The van der Waals surface area contributed by atoms with E-state index < -0.39 is 12.0 Å². The number of hydrogen-bond acceptors (Lipinski definition) is 5. The number of Topliss-reactive ketones (excluding diaryl/α,β-unsaturated/α-hetero) is 2. The molecule has 0 aromatic carbocycles. The molecule has 0 aromatic rings. The Labute approximate surface area is 217 Å². The van der Waals surface area contributed by atoms with Crippen molar-refractivity contribution in [1.29, 1.82) is 0 Å². The number of carboxylic acids is 1. The van der Waals surface area contributed by atoms with Gasteiger partial charge in [0.05, 0.1) is 0 Å². The Hall–Kier alpha value is -1.40. The first-order valence-corrected chi connectivity index (χ1v) is 14.2. The van der Waals surface area contributed by atoms with Gasteiger partial charge < -0.3 is 5.11 Å². The topological polar surface area (TPSA) is 83.5 Å². The minimum Gasteiger partial charge on any atom is -0.480 e. The van der Waals surface area contributed by atoms with Gasteiger partial charge in [0.1, 0.15) is 17.6 Å². The number of ketones is 2. The van der Waals surface area contributed by atoms with Crippen LogP contribution in [0.2, 0.25) is 0 Å². The van der Waals surface area contributed by atoms with Crippen molar-refractivity contribution in [3.63, 3.8) is 0 Å². The average Bonchev–Trinajstić information content (AvgIpc) is 2.72. The van der Waals surface area contributed by atoms with E-state index in [1.54, 1.807) is 25.6 Å². The van der Waals surface area contributed by atoms with Crippen LogP contribution in [-0.2, 0) is 14.4 Å². The Morgan fingerprint density at radius 1 is 0.886 bits per heavy atom. The molecule has 0 bridgehead atoms. The normalized spacial score (nSPS) is 22.5. The zero-order valence-electron chi connectivity index (χ0n) is 23.2. The highest BCUT2D eigenvalue weighted by Crippen LogP contribution is 2.44. The first-order valence-electron chi connectivity index (χ1n) is 13.1. The standard InChI is InChI=1S/C29H47NO4S/c1-18(31)15-24(22-11-9-13-28(5,6)20(22)3)30-25(27(33)34)17-35-26(16-19(2)32)23-12-10-14-29(7,8)21(23)4/h24-26,30H,9-17H2,1-8H3,(H,33,34). The molecule has 198 valence electrons. The van der Waals surface area contributed by atoms with E-state index in [0.717, 1.165) is 38.5 Å². The fourth-order valence-corrected chi connectivity index (χ4v) is 7.17. The molecule has 6 heteroatoms. The van der Waals surface area contributed by atoms with Gasteiger partial charge in [0.15, 0.2) is 0 Å². The quantitative estimate of drug-likeness (QED) is 0.294. The highest BCUT2D eigenvalue weighted by molar-refractivity contribution is 8.00. The largest absolute Gasteiger partial charge is 0.480 e. The summed E-state index contributed by atoms with van der Waals surface area (Å²) in [5.74, 6) is -0.363. The number of nitrogens with one attached hydrogen (secondary N) is 1. The third kappa shape index (κ3) is 8.04. The lowest BCUT2D eigenvalue weighted by atomic mass is 9.71. The van der Waals surface area contributed by atoms with Gasteiger partial charge in [0, 0.05) is 29.9 Å². The fraction of sp³-hybridized carbons (Fsp3) is 0.759. The van der Waals surface area contributed by atoms with Crippen molar-refractivity contribution < 1.29 is 19.5 Å². The molecule has 5 nitrogen and oxygen atoms in total. The van der Waals surface area contributed by atoms with Gasteiger partial charge in [-0.05, 0) is 77.0 Å². The van der Waals surface area contributed by atoms with Crippen LogP contribution in [0.5, 0.6) is 0 Å². The lowest BCUT2D eigenvalue weighted by molar-refractivity contribution is -0.139. The predicted octanol–water partition coefficient (Wildman–Crippen LogP) is 6.51. The summed E-state index contributed by atoms with van der Waals surface area (Å²) < 4.78 is 0. The van der Waals surface area contributed by atoms with E-state index in [-0.39, 0.29) is 33.7 Å². The summed E-state index contributed by atoms with van der Waals surface area (Å²) in [4.78, 5) is 36.6. The smallest absolute Gasteiger partial charge is 0.321 e. The van der Waals surface area contributed by atoms with Crippen LogP contribution in [0.3, 0.4) is 0 Å². The SMILES string of the molecule is CC(=O)CC(NC(CSC(CC(C)=O)C1=C(C)C(C)(C)CCC1)C(=O)O)C1=C(C)C(C)(C)CCC1. The molecule has 0 fully saturated rings. The van der Waals surface area contributed by atoms with E-state index in [1.165, 1.54) is 22.3 Å². The zero-order chi connectivity index (χ0) is 26.6. The van der Waals surface area contributed by atoms with Crippen molar-refractivity contribution in [2.45, 2.75) is 124 Å². The van der Waals surface area contributed by atoms with Crippen molar-refractivity contribution in [3.8, 4) is 0 Å². The van der Waals surface area contributed by atoms with Crippen LogP contribution in [0, 0.1) is 10.8 Å². The van der Waals surface area contributed by atoms with E-state index in [1.807, 2.05) is 0 Å². The lowest BCUT2D eigenvalue weighted by Crippen LogP contribution is -2.47. The van der Waals surface area contributed by atoms with E-state index in [0.29, 0.717) is 18.6 Å². The van der Waals surface area contributed by atoms with Gasteiger partial charge in [-0.15, -0.1) is 0 Å². The van der Waals surface area contributed by atoms with Crippen molar-refractivity contribution >= 4 is 29.3 Å². The van der Waals surface area contributed by atoms with Gasteiger partial charge in [-0.1, -0.05) is 50.0 Å². The molecule has 0 spiro atoms. The Balaban J connectivity index is 2.29. The maximum atomic E-state index is 12.3. The molecule has 2 rings (SSSR count). The van der Waals surface area contributed by atoms with Gasteiger partial charge in [0.25, 0.3) is 0 Å². The first kappa shape index (κ1) is 29.8. The second-order valence-electron chi connectivity index (χ2n) is 12.0. The third-order valence-electron chi connectivity index (χ3n) is 8.43. The molecule has 0 saturated carbocycles. The lowest BCUT2D eigenvalue weighted by Gasteiger charge is -2.38. The van der Waals surface area contributed by atoms with Crippen molar-refractivity contribution in [2.24, 2.45) is 10.8 Å². The molecule has 0 aromatic heterocycles. The van der Waals surface area contributed by atoms with Crippen LogP contribution in [0.25, 0.3) is 0 Å². The molecule has 0 amide bonds. The van der Waals surface area contributed by atoms with E-state index >= 15 is 0 Å². The molecule has 2 aliphatic rings. The first-order chi connectivity index (χ1) is 16.2. The Morgan fingerprint density at radius 2 is 1.37 bits per heavy atom. The highest BCUT2D eigenvalue weighted by atomic mass is 32.2. The van der Waals surface area contributed by atoms with E-state index in [4.69, 9.17) is 0 Å². The van der Waals surface area contributed by atoms with Gasteiger partial charge in [-0.25, -0.2) is 0 Å². The molecule has 0 radical (unpaired) electrons. The molecule has 3 unspecified atom stereocenters. The summed E-state index contributed by atoms with van der Waals surface area (Å²) in [6.45, 7) is 16.5. The number of aliphatic carboxylic acids is 1. The fourth-order valence-electron chi connectivity index (χ4n) is 5.66. The van der Waals surface area contributed by atoms with E-state index in [2.05, 4.69) is 46.9 Å². The molecule has 0 heterocycles. The zero-order valence-corrected chi connectivity index (χ0v) is 24.0. The summed E-state index contributed by atoms with van der Waals surface area (Å²) in [6, 6.07) is -1.06. The molecule has 2 N–H and O–H groups in total. The Bertz CT molecular complexity index is 883. The molecule has 2 aliphatic carbocycles. The van der Waals surface area contributed by atoms with Crippen LogP contribution < -0.4 is 5.32 Å². The van der Waals surface area contributed by atoms with Crippen LogP contribution >= 0.6 is 11.8 Å². The summed E-state index contributed by atoms with van der Waals surface area (Å²) in [6.07, 6.45) is 6.97. The van der Waals surface area contributed by atoms with Crippen LogP contribution in [0.1, 0.15) is 107 Å². The molecule has 35 heavy (non-hydrogen) atoms. The van der Waals surface area contributed by atoms with Gasteiger partial charge in [0.2, 0.25) is 0 Å². The van der Waals surface area contributed by atoms with Gasteiger partial charge >= 0.3 is 5.97 Å². The number of rotatable bonds is 12.